The molecule has 4 rings (SSSR count). The monoisotopic (exact) mass is 389 g/mol. The van der Waals surface area contributed by atoms with Crippen LogP contribution in [0.3, 0.4) is 0 Å². The van der Waals surface area contributed by atoms with Crippen LogP contribution >= 0.6 is 0 Å². The van der Waals surface area contributed by atoms with Gasteiger partial charge in [-0.25, -0.2) is 0 Å². The topological polar surface area (TPSA) is 46.0 Å². The number of nitrogens with zero attached hydrogens (tertiary/aromatic N) is 4. The predicted molar refractivity (Wildman–Crippen MR) is 103 cm³/mol. The van der Waals surface area contributed by atoms with Gasteiger partial charge in [0, 0.05) is 36.8 Å². The number of likely N-dealkylation sites (tertiary alicyclic amines) is 1. The quantitative estimate of drug-likeness (QED) is 0.731. The second-order valence-electron chi connectivity index (χ2n) is 7.41. The Hall–Kier alpha value is -2.61. The van der Waals surface area contributed by atoms with E-state index in [1.165, 1.54) is 12.1 Å². The van der Waals surface area contributed by atoms with Gasteiger partial charge in [0.1, 0.15) is 5.69 Å². The summed E-state index contributed by atoms with van der Waals surface area (Å²) >= 11 is 0. The van der Waals surface area contributed by atoms with E-state index in [-0.39, 0.29) is 0 Å². The number of aryl methyl sites for hydroxylation is 1. The molecule has 1 N–H and O–H groups in total. The van der Waals surface area contributed by atoms with Crippen LogP contribution in [-0.4, -0.2) is 45.8 Å². The van der Waals surface area contributed by atoms with Crippen LogP contribution in [0.4, 0.5) is 19.0 Å². The van der Waals surface area contributed by atoms with E-state index in [2.05, 4.69) is 27.5 Å². The first-order chi connectivity index (χ1) is 13.3. The third-order valence-corrected chi connectivity index (χ3v) is 5.25. The van der Waals surface area contributed by atoms with Crippen molar-refractivity contribution < 1.29 is 13.2 Å². The molecule has 1 aromatic carbocycles. The molecule has 0 aliphatic carbocycles. The Morgan fingerprint density at radius 3 is 2.50 bits per heavy atom. The molecule has 1 atom stereocenters. The lowest BCUT2D eigenvalue weighted by molar-refractivity contribution is -0.137. The van der Waals surface area contributed by atoms with Crippen LogP contribution in [-0.2, 0) is 13.2 Å². The van der Waals surface area contributed by atoms with Crippen molar-refractivity contribution in [3.63, 3.8) is 0 Å². The largest absolute Gasteiger partial charge is 0.416 e. The molecule has 3 heterocycles. The second-order valence-corrected chi connectivity index (χ2v) is 7.41. The Morgan fingerprint density at radius 1 is 1.07 bits per heavy atom. The second kappa shape index (κ2) is 7.09. The summed E-state index contributed by atoms with van der Waals surface area (Å²) in [7, 11) is 4.00. The van der Waals surface area contributed by atoms with E-state index in [1.807, 2.05) is 23.9 Å². The van der Waals surface area contributed by atoms with E-state index in [0.29, 0.717) is 23.1 Å². The van der Waals surface area contributed by atoms with Crippen LogP contribution in [0.1, 0.15) is 18.4 Å². The van der Waals surface area contributed by atoms with Gasteiger partial charge in [-0.2, -0.15) is 13.2 Å². The molecule has 1 aliphatic rings. The average Bonchev–Trinajstić information content (AvgIpc) is 3.04. The number of hydrogen-bond donors (Lipinski definition) is 1. The highest BCUT2D eigenvalue weighted by Crippen LogP contribution is 2.34. The van der Waals surface area contributed by atoms with E-state index >= 15 is 0 Å². The van der Waals surface area contributed by atoms with E-state index in [4.69, 9.17) is 0 Å². The molecule has 0 spiro atoms. The van der Waals surface area contributed by atoms with Crippen LogP contribution in [0, 0.1) is 0 Å². The molecule has 1 saturated heterocycles. The highest BCUT2D eigenvalue weighted by Gasteiger charge is 2.30. The van der Waals surface area contributed by atoms with Gasteiger partial charge in [-0.1, -0.05) is 12.1 Å². The van der Waals surface area contributed by atoms with Gasteiger partial charge in [-0.15, -0.1) is 10.2 Å². The maximum absolute atomic E-state index is 12.8. The Balaban J connectivity index is 1.70. The maximum Gasteiger partial charge on any atom is 0.416 e. The van der Waals surface area contributed by atoms with Gasteiger partial charge in [-0.05, 0) is 44.6 Å². The first-order valence-electron chi connectivity index (χ1n) is 9.27. The fourth-order valence-electron chi connectivity index (χ4n) is 3.81. The van der Waals surface area contributed by atoms with E-state index in [1.54, 1.807) is 0 Å². The van der Waals surface area contributed by atoms with Crippen molar-refractivity contribution in [2.24, 2.45) is 7.05 Å². The molecule has 1 aliphatic heterocycles. The Morgan fingerprint density at radius 2 is 1.82 bits per heavy atom. The fourth-order valence-corrected chi connectivity index (χ4v) is 3.81. The van der Waals surface area contributed by atoms with Gasteiger partial charge < -0.3 is 14.8 Å². The van der Waals surface area contributed by atoms with E-state index in [0.717, 1.165) is 49.0 Å². The molecule has 1 fully saturated rings. The van der Waals surface area contributed by atoms with E-state index in [9.17, 15) is 13.2 Å². The first kappa shape index (κ1) is 18.7. The van der Waals surface area contributed by atoms with Crippen molar-refractivity contribution in [1.82, 2.24) is 19.7 Å². The van der Waals surface area contributed by atoms with Gasteiger partial charge in [0.2, 0.25) is 0 Å². The van der Waals surface area contributed by atoms with Crippen molar-refractivity contribution in [2.45, 2.75) is 25.1 Å². The standard InChI is InChI=1S/C20H22F3N5/c1-27-10-3-4-15(12-27)24-19-16-9-11-28(2)18(16)17(25-26-19)13-5-7-14(8-6-13)20(21,22)23/h5-9,11,15H,3-4,10,12H2,1-2H3,(H,24,26)/t15-/m1/s1. The molecule has 0 saturated carbocycles. The van der Waals surface area contributed by atoms with Gasteiger partial charge in [-0.3, -0.25) is 0 Å². The zero-order chi connectivity index (χ0) is 19.9. The molecule has 0 radical (unpaired) electrons. The number of anilines is 1. The molecule has 3 aromatic rings. The molecule has 0 amide bonds. The minimum atomic E-state index is -4.36. The van der Waals surface area contributed by atoms with Gasteiger partial charge in [0.05, 0.1) is 11.1 Å². The number of alkyl halides is 3. The zero-order valence-corrected chi connectivity index (χ0v) is 15.8. The molecule has 5 nitrogen and oxygen atoms in total. The molecule has 0 bridgehead atoms. The number of hydrogen-bond acceptors (Lipinski definition) is 4. The van der Waals surface area contributed by atoms with E-state index < -0.39 is 11.7 Å². The third kappa shape index (κ3) is 3.56. The van der Waals surface area contributed by atoms with Crippen LogP contribution in [0.2, 0.25) is 0 Å². The van der Waals surface area contributed by atoms with Crippen molar-refractivity contribution >= 4 is 16.7 Å². The minimum absolute atomic E-state index is 0.299. The van der Waals surface area contributed by atoms with Gasteiger partial charge in [0.25, 0.3) is 0 Å². The maximum atomic E-state index is 12.8. The number of rotatable bonds is 3. The van der Waals surface area contributed by atoms with Crippen molar-refractivity contribution in [2.75, 3.05) is 25.5 Å². The zero-order valence-electron chi connectivity index (χ0n) is 15.8. The lowest BCUT2D eigenvalue weighted by Gasteiger charge is -2.30. The van der Waals surface area contributed by atoms with Crippen LogP contribution in [0.15, 0.2) is 36.5 Å². The third-order valence-electron chi connectivity index (χ3n) is 5.25. The summed E-state index contributed by atoms with van der Waals surface area (Å²) in [6.07, 6.45) is -0.241. The summed E-state index contributed by atoms with van der Waals surface area (Å²) in [4.78, 5) is 2.29. The number of fused-ring (bicyclic) bond motifs is 1. The summed E-state index contributed by atoms with van der Waals surface area (Å²) in [5, 5.41) is 13.1. The molecular weight excluding hydrogens is 367 g/mol. The van der Waals surface area contributed by atoms with Gasteiger partial charge >= 0.3 is 6.18 Å². The summed E-state index contributed by atoms with van der Waals surface area (Å²) in [5.74, 6) is 0.714. The summed E-state index contributed by atoms with van der Waals surface area (Å²) in [5.41, 5.74) is 1.35. The highest BCUT2D eigenvalue weighted by atomic mass is 19.4. The highest BCUT2D eigenvalue weighted by molar-refractivity contribution is 5.98. The fraction of sp³-hybridized carbons (Fsp3) is 0.400. The van der Waals surface area contributed by atoms with Crippen molar-refractivity contribution in [3.05, 3.63) is 42.1 Å². The van der Waals surface area contributed by atoms with Gasteiger partial charge in [0.15, 0.2) is 5.82 Å². The number of likely N-dealkylation sites (N-methyl/N-ethyl adjacent to an activating group) is 1. The molecule has 28 heavy (non-hydrogen) atoms. The normalized spacial score (nSPS) is 18.5. The lowest BCUT2D eigenvalue weighted by Crippen LogP contribution is -2.40. The van der Waals surface area contributed by atoms with Crippen LogP contribution in [0.25, 0.3) is 22.2 Å². The Labute approximate surface area is 161 Å². The van der Waals surface area contributed by atoms with Crippen molar-refractivity contribution in [1.29, 1.82) is 0 Å². The summed E-state index contributed by atoms with van der Waals surface area (Å²) in [6.45, 7) is 2.04. The molecule has 8 heteroatoms. The number of halogens is 3. The number of nitrogens with one attached hydrogen (secondary N) is 1. The van der Waals surface area contributed by atoms with Crippen LogP contribution < -0.4 is 5.32 Å². The lowest BCUT2D eigenvalue weighted by atomic mass is 10.1. The summed E-state index contributed by atoms with van der Waals surface area (Å²) < 4.78 is 40.5. The molecule has 148 valence electrons. The van der Waals surface area contributed by atoms with Crippen LogP contribution in [0.5, 0.6) is 0 Å². The van der Waals surface area contributed by atoms with Crippen molar-refractivity contribution in [3.8, 4) is 11.3 Å². The Bertz CT molecular complexity index is 978. The molecular formula is C20H22F3N5. The predicted octanol–water partition coefficient (Wildman–Crippen LogP) is 4.16. The smallest absolute Gasteiger partial charge is 0.364 e. The number of aromatic nitrogens is 3. The molecule has 2 aromatic heterocycles. The minimum Gasteiger partial charge on any atom is -0.364 e. The molecule has 0 unspecified atom stereocenters. The Kier molecular flexibility index (Phi) is 4.74. The number of piperidine rings is 1. The average molecular weight is 389 g/mol. The SMILES string of the molecule is CN1CCC[C@@H](Nc2nnc(-c3ccc(C(F)(F)F)cc3)c3c2ccn3C)C1. The summed E-state index contributed by atoms with van der Waals surface area (Å²) in [6, 6.07) is 7.32. The first-order valence-corrected chi connectivity index (χ1v) is 9.27. The number of benzene rings is 1.